The zero-order chi connectivity index (χ0) is 20.2. The van der Waals surface area contributed by atoms with Gasteiger partial charge in [-0.05, 0) is 36.2 Å². The van der Waals surface area contributed by atoms with Crippen LogP contribution in [0.3, 0.4) is 0 Å². The molecule has 1 aromatic heterocycles. The third-order valence-electron chi connectivity index (χ3n) is 5.26. The Hall–Kier alpha value is -3.26. The molecule has 8 heteroatoms. The first-order valence-electron chi connectivity index (χ1n) is 9.84. The lowest BCUT2D eigenvalue weighted by Gasteiger charge is -2.34. The molecule has 2 amide bonds. The number of hydrogen-bond acceptors (Lipinski definition) is 5. The molecule has 0 bridgehead atoms. The fourth-order valence-corrected chi connectivity index (χ4v) is 3.61. The van der Waals surface area contributed by atoms with Gasteiger partial charge in [-0.25, -0.2) is 0 Å². The van der Waals surface area contributed by atoms with E-state index >= 15 is 0 Å². The minimum absolute atomic E-state index is 0.0177. The zero-order valence-corrected chi connectivity index (χ0v) is 16.4. The number of nitrogens with one attached hydrogen (secondary N) is 2. The van der Waals surface area contributed by atoms with Crippen LogP contribution in [0.15, 0.2) is 42.5 Å². The average molecular weight is 392 g/mol. The van der Waals surface area contributed by atoms with Crippen LogP contribution in [0.4, 0.5) is 5.69 Å². The molecule has 0 spiro atoms. The van der Waals surface area contributed by atoms with Gasteiger partial charge in [-0.2, -0.15) is 15.4 Å². The van der Waals surface area contributed by atoms with E-state index in [4.69, 9.17) is 0 Å². The highest BCUT2D eigenvalue weighted by Gasteiger charge is 2.23. The van der Waals surface area contributed by atoms with Crippen LogP contribution in [0, 0.1) is 0 Å². The number of hydrogen-bond donors (Lipinski definition) is 2. The van der Waals surface area contributed by atoms with Gasteiger partial charge >= 0.3 is 0 Å². The van der Waals surface area contributed by atoms with E-state index in [1.54, 1.807) is 18.2 Å². The first kappa shape index (κ1) is 19.1. The van der Waals surface area contributed by atoms with Crippen LogP contribution in [0.5, 0.6) is 0 Å². The summed E-state index contributed by atoms with van der Waals surface area (Å²) in [6, 6.07) is 13.2. The number of H-pyrrole nitrogens is 1. The topological polar surface area (TPSA) is 94.2 Å². The molecule has 2 N–H and O–H groups in total. The van der Waals surface area contributed by atoms with Gasteiger partial charge in [0.15, 0.2) is 0 Å². The molecule has 0 radical (unpaired) electrons. The van der Waals surface area contributed by atoms with Crippen molar-refractivity contribution in [2.75, 3.05) is 38.0 Å². The number of anilines is 1. The molecule has 0 atom stereocenters. The maximum atomic E-state index is 12.8. The molecular weight excluding hydrogens is 368 g/mol. The molecule has 0 saturated carbocycles. The number of fused-ring (bicyclic) bond motifs is 1. The molecule has 0 aliphatic carbocycles. The van der Waals surface area contributed by atoms with Crippen molar-refractivity contribution in [1.29, 1.82) is 0 Å². The van der Waals surface area contributed by atoms with Gasteiger partial charge in [0.2, 0.25) is 5.91 Å². The Kier molecular flexibility index (Phi) is 5.53. The van der Waals surface area contributed by atoms with Gasteiger partial charge in [0.1, 0.15) is 11.0 Å². The fraction of sp³-hybridized carbons (Fsp3) is 0.333. The Morgan fingerprint density at radius 2 is 1.79 bits per heavy atom. The van der Waals surface area contributed by atoms with Crippen LogP contribution in [0.1, 0.15) is 22.8 Å². The Morgan fingerprint density at radius 3 is 2.59 bits per heavy atom. The largest absolute Gasteiger partial charge is 0.336 e. The maximum Gasteiger partial charge on any atom is 0.254 e. The molecule has 3 aromatic rings. The summed E-state index contributed by atoms with van der Waals surface area (Å²) < 4.78 is 0. The number of aromatic nitrogens is 3. The number of aromatic amines is 1. The Morgan fingerprint density at radius 1 is 1.03 bits per heavy atom. The van der Waals surface area contributed by atoms with E-state index in [1.807, 2.05) is 29.2 Å². The molecule has 4 rings (SSSR count). The number of carbonyl (C=O) groups is 2. The van der Waals surface area contributed by atoms with E-state index in [0.717, 1.165) is 23.2 Å². The summed E-state index contributed by atoms with van der Waals surface area (Å²) in [7, 11) is 0. The Bertz CT molecular complexity index is 1020. The number of nitrogens with zero attached hydrogens (tertiary/aromatic N) is 4. The first-order chi connectivity index (χ1) is 14.1. The second kappa shape index (κ2) is 8.40. The van der Waals surface area contributed by atoms with Crippen molar-refractivity contribution in [1.82, 2.24) is 25.2 Å². The van der Waals surface area contributed by atoms with Crippen molar-refractivity contribution in [3.63, 3.8) is 0 Å². The molecular formula is C21H24N6O2. The number of para-hydroxylation sites is 1. The minimum atomic E-state index is -0.0258. The minimum Gasteiger partial charge on any atom is -0.336 e. The normalized spacial score (nSPS) is 14.9. The van der Waals surface area contributed by atoms with Crippen LogP contribution >= 0.6 is 0 Å². The summed E-state index contributed by atoms with van der Waals surface area (Å²) in [5, 5.41) is 13.6. The monoisotopic (exact) mass is 392 g/mol. The van der Waals surface area contributed by atoms with Crippen LogP contribution < -0.4 is 5.32 Å². The van der Waals surface area contributed by atoms with Crippen LogP contribution in [-0.2, 0) is 11.2 Å². The SMILES string of the molecule is CCc1ccccc1NC(=O)CN1CCN(C(=O)c2ccc3n[nH]nc3c2)CC1. The van der Waals surface area contributed by atoms with E-state index < -0.39 is 0 Å². The lowest BCUT2D eigenvalue weighted by molar-refractivity contribution is -0.117. The third-order valence-corrected chi connectivity index (χ3v) is 5.26. The summed E-state index contributed by atoms with van der Waals surface area (Å²) in [4.78, 5) is 29.1. The van der Waals surface area contributed by atoms with E-state index in [2.05, 4.69) is 32.6 Å². The predicted molar refractivity (Wildman–Crippen MR) is 111 cm³/mol. The number of carbonyl (C=O) groups excluding carboxylic acids is 2. The number of benzene rings is 2. The summed E-state index contributed by atoms with van der Waals surface area (Å²) in [5.41, 5.74) is 4.02. The number of aryl methyl sites for hydroxylation is 1. The van der Waals surface area contributed by atoms with E-state index in [0.29, 0.717) is 43.8 Å². The van der Waals surface area contributed by atoms with Crippen molar-refractivity contribution >= 4 is 28.5 Å². The van der Waals surface area contributed by atoms with E-state index in [9.17, 15) is 9.59 Å². The maximum absolute atomic E-state index is 12.8. The van der Waals surface area contributed by atoms with Gasteiger partial charge < -0.3 is 10.2 Å². The molecule has 2 heterocycles. The smallest absolute Gasteiger partial charge is 0.254 e. The highest BCUT2D eigenvalue weighted by atomic mass is 16.2. The van der Waals surface area contributed by atoms with Gasteiger partial charge in [0.25, 0.3) is 5.91 Å². The lowest BCUT2D eigenvalue weighted by atomic mass is 10.1. The molecule has 1 aliphatic rings. The molecule has 1 aliphatic heterocycles. The summed E-state index contributed by atoms with van der Waals surface area (Å²) in [5.74, 6) is -0.0435. The second-order valence-corrected chi connectivity index (χ2v) is 7.15. The highest BCUT2D eigenvalue weighted by molar-refractivity contribution is 5.97. The number of amides is 2. The summed E-state index contributed by atoms with van der Waals surface area (Å²) in [6.07, 6.45) is 0.872. The van der Waals surface area contributed by atoms with Crippen LogP contribution in [-0.4, -0.2) is 69.7 Å². The second-order valence-electron chi connectivity index (χ2n) is 7.15. The number of rotatable bonds is 5. The van der Waals surface area contributed by atoms with Gasteiger partial charge in [-0.3, -0.25) is 14.5 Å². The van der Waals surface area contributed by atoms with Crippen molar-refractivity contribution < 1.29 is 9.59 Å². The van der Waals surface area contributed by atoms with Crippen molar-refractivity contribution in [3.05, 3.63) is 53.6 Å². The average Bonchev–Trinajstić information content (AvgIpc) is 3.22. The Labute approximate surface area is 168 Å². The van der Waals surface area contributed by atoms with Gasteiger partial charge in [0, 0.05) is 37.4 Å². The number of piperazine rings is 1. The van der Waals surface area contributed by atoms with Gasteiger partial charge in [0.05, 0.1) is 6.54 Å². The summed E-state index contributed by atoms with van der Waals surface area (Å²) >= 11 is 0. The molecule has 2 aromatic carbocycles. The quantitative estimate of drug-likeness (QED) is 0.692. The van der Waals surface area contributed by atoms with Crippen molar-refractivity contribution in [3.8, 4) is 0 Å². The lowest BCUT2D eigenvalue weighted by Crippen LogP contribution is -2.50. The third kappa shape index (κ3) is 4.27. The van der Waals surface area contributed by atoms with Crippen molar-refractivity contribution in [2.24, 2.45) is 0 Å². The van der Waals surface area contributed by atoms with Crippen molar-refractivity contribution in [2.45, 2.75) is 13.3 Å². The van der Waals surface area contributed by atoms with E-state index in [1.165, 1.54) is 0 Å². The van der Waals surface area contributed by atoms with Crippen LogP contribution in [0.25, 0.3) is 11.0 Å². The molecule has 29 heavy (non-hydrogen) atoms. The molecule has 1 fully saturated rings. The Balaban J connectivity index is 1.30. The first-order valence-corrected chi connectivity index (χ1v) is 9.84. The van der Waals surface area contributed by atoms with Gasteiger partial charge in [-0.15, -0.1) is 0 Å². The molecule has 8 nitrogen and oxygen atoms in total. The summed E-state index contributed by atoms with van der Waals surface area (Å²) in [6.45, 7) is 4.91. The zero-order valence-electron chi connectivity index (χ0n) is 16.4. The fourth-order valence-electron chi connectivity index (χ4n) is 3.61. The predicted octanol–water partition coefficient (Wildman–Crippen LogP) is 1.92. The molecule has 150 valence electrons. The van der Waals surface area contributed by atoms with E-state index in [-0.39, 0.29) is 11.8 Å². The molecule has 0 unspecified atom stereocenters. The standard InChI is InChI=1S/C21H24N6O2/c1-2-15-5-3-4-6-17(15)22-20(28)14-26-9-11-27(12-10-26)21(29)16-7-8-18-19(13-16)24-25-23-18/h3-8,13H,2,9-12,14H2,1H3,(H,22,28)(H,23,24,25). The van der Waals surface area contributed by atoms with Crippen LogP contribution in [0.2, 0.25) is 0 Å². The highest BCUT2D eigenvalue weighted by Crippen LogP contribution is 2.16. The van der Waals surface area contributed by atoms with Gasteiger partial charge in [-0.1, -0.05) is 25.1 Å². The molecule has 1 saturated heterocycles.